The first-order valence-electron chi connectivity index (χ1n) is 5.39. The highest BCUT2D eigenvalue weighted by Crippen LogP contribution is 2.00. The normalized spacial score (nSPS) is 12.1. The molecule has 0 saturated carbocycles. The molecule has 0 aliphatic heterocycles. The maximum Gasteiger partial charge on any atom is 0.320 e. The largest absolute Gasteiger partial charge is 0.480 e. The summed E-state index contributed by atoms with van der Waals surface area (Å²) in [5.74, 6) is -1.03. The number of aliphatic hydroxyl groups is 1. The SMILES string of the molecule is CNC(CCCCNC(=O)CCO)C(=O)O. The van der Waals surface area contributed by atoms with E-state index in [-0.39, 0.29) is 18.9 Å². The van der Waals surface area contributed by atoms with Gasteiger partial charge in [0.2, 0.25) is 5.91 Å². The first-order chi connectivity index (χ1) is 7.61. The number of hydrogen-bond acceptors (Lipinski definition) is 4. The first-order valence-corrected chi connectivity index (χ1v) is 5.39. The van der Waals surface area contributed by atoms with E-state index in [9.17, 15) is 9.59 Å². The molecule has 0 heterocycles. The number of rotatable bonds is 9. The molecule has 0 aromatic carbocycles. The Bertz CT molecular complexity index is 221. The molecular weight excluding hydrogens is 212 g/mol. The zero-order valence-electron chi connectivity index (χ0n) is 9.53. The molecule has 0 aromatic rings. The quantitative estimate of drug-likeness (QED) is 0.395. The number of carbonyl (C=O) groups excluding carboxylic acids is 1. The number of carboxylic acids is 1. The lowest BCUT2D eigenvalue weighted by Crippen LogP contribution is -2.33. The van der Waals surface area contributed by atoms with Gasteiger partial charge in [0, 0.05) is 13.0 Å². The van der Waals surface area contributed by atoms with Crippen LogP contribution in [0.5, 0.6) is 0 Å². The van der Waals surface area contributed by atoms with Crippen molar-refractivity contribution in [2.24, 2.45) is 0 Å². The maximum atomic E-state index is 10.9. The van der Waals surface area contributed by atoms with Gasteiger partial charge in [-0.15, -0.1) is 0 Å². The summed E-state index contributed by atoms with van der Waals surface area (Å²) in [7, 11) is 1.61. The topological polar surface area (TPSA) is 98.7 Å². The molecule has 0 rings (SSSR count). The fourth-order valence-electron chi connectivity index (χ4n) is 1.28. The predicted octanol–water partition coefficient (Wildman–Crippen LogP) is -0.672. The number of carboxylic acid groups (broad SMARTS) is 1. The lowest BCUT2D eigenvalue weighted by atomic mass is 10.1. The molecule has 94 valence electrons. The van der Waals surface area contributed by atoms with Gasteiger partial charge in [-0.3, -0.25) is 9.59 Å². The van der Waals surface area contributed by atoms with Crippen molar-refractivity contribution < 1.29 is 19.8 Å². The zero-order valence-corrected chi connectivity index (χ0v) is 9.53. The molecule has 6 heteroatoms. The number of amides is 1. The fourth-order valence-corrected chi connectivity index (χ4v) is 1.28. The van der Waals surface area contributed by atoms with Crippen LogP contribution in [0.4, 0.5) is 0 Å². The second-order valence-corrected chi connectivity index (χ2v) is 3.50. The van der Waals surface area contributed by atoms with E-state index in [0.717, 1.165) is 12.8 Å². The van der Waals surface area contributed by atoms with Crippen LogP contribution in [0.15, 0.2) is 0 Å². The van der Waals surface area contributed by atoms with Crippen LogP contribution in [0, 0.1) is 0 Å². The van der Waals surface area contributed by atoms with Crippen LogP contribution in [0.1, 0.15) is 25.7 Å². The number of aliphatic carboxylic acids is 1. The molecule has 0 fully saturated rings. The summed E-state index contributed by atoms with van der Waals surface area (Å²) < 4.78 is 0. The van der Waals surface area contributed by atoms with E-state index >= 15 is 0 Å². The van der Waals surface area contributed by atoms with Crippen LogP contribution in [-0.4, -0.2) is 48.3 Å². The second kappa shape index (κ2) is 9.11. The minimum atomic E-state index is -0.855. The van der Waals surface area contributed by atoms with E-state index < -0.39 is 12.0 Å². The molecule has 0 aliphatic rings. The van der Waals surface area contributed by atoms with E-state index in [1.165, 1.54) is 0 Å². The monoisotopic (exact) mass is 232 g/mol. The third-order valence-corrected chi connectivity index (χ3v) is 2.23. The summed E-state index contributed by atoms with van der Waals surface area (Å²) in [6.07, 6.45) is 2.13. The molecule has 6 nitrogen and oxygen atoms in total. The van der Waals surface area contributed by atoms with Gasteiger partial charge in [-0.1, -0.05) is 0 Å². The van der Waals surface area contributed by atoms with Gasteiger partial charge in [-0.2, -0.15) is 0 Å². The highest BCUT2D eigenvalue weighted by atomic mass is 16.4. The molecule has 1 amide bonds. The van der Waals surface area contributed by atoms with Gasteiger partial charge in [0.25, 0.3) is 0 Å². The van der Waals surface area contributed by atoms with Crippen molar-refractivity contribution in [1.29, 1.82) is 0 Å². The minimum Gasteiger partial charge on any atom is -0.480 e. The smallest absolute Gasteiger partial charge is 0.320 e. The lowest BCUT2D eigenvalue weighted by molar-refractivity contribution is -0.139. The first kappa shape index (κ1) is 14.9. The van der Waals surface area contributed by atoms with Crippen LogP contribution >= 0.6 is 0 Å². The zero-order chi connectivity index (χ0) is 12.4. The molecule has 4 N–H and O–H groups in total. The van der Waals surface area contributed by atoms with Crippen LogP contribution < -0.4 is 10.6 Å². The summed E-state index contributed by atoms with van der Waals surface area (Å²) in [4.78, 5) is 21.6. The molecular formula is C10H20N2O4. The number of carbonyl (C=O) groups is 2. The van der Waals surface area contributed by atoms with Crippen molar-refractivity contribution >= 4 is 11.9 Å². The molecule has 0 radical (unpaired) electrons. The Kier molecular flexibility index (Phi) is 8.46. The van der Waals surface area contributed by atoms with E-state index in [1.807, 2.05) is 0 Å². The molecule has 0 saturated heterocycles. The molecule has 0 bridgehead atoms. The van der Waals surface area contributed by atoms with Crippen molar-refractivity contribution in [1.82, 2.24) is 10.6 Å². The molecule has 0 spiro atoms. The van der Waals surface area contributed by atoms with Gasteiger partial charge in [0.15, 0.2) is 0 Å². The Hall–Kier alpha value is -1.14. The molecule has 0 aliphatic carbocycles. The van der Waals surface area contributed by atoms with Crippen molar-refractivity contribution in [3.8, 4) is 0 Å². The predicted molar refractivity (Wildman–Crippen MR) is 59.0 cm³/mol. The number of hydrogen-bond donors (Lipinski definition) is 4. The lowest BCUT2D eigenvalue weighted by Gasteiger charge is -2.10. The Morgan fingerprint density at radius 1 is 1.31 bits per heavy atom. The van der Waals surface area contributed by atoms with Crippen molar-refractivity contribution in [3.05, 3.63) is 0 Å². The average Bonchev–Trinajstić information content (AvgIpc) is 2.23. The third kappa shape index (κ3) is 7.19. The molecule has 0 aromatic heterocycles. The number of nitrogens with one attached hydrogen (secondary N) is 2. The van der Waals surface area contributed by atoms with Crippen molar-refractivity contribution in [2.75, 3.05) is 20.2 Å². The molecule has 1 atom stereocenters. The Morgan fingerprint density at radius 3 is 2.50 bits per heavy atom. The summed E-state index contributed by atoms with van der Waals surface area (Å²) in [6.45, 7) is 0.377. The Balaban J connectivity index is 3.45. The maximum absolute atomic E-state index is 10.9. The van der Waals surface area contributed by atoms with E-state index in [0.29, 0.717) is 13.0 Å². The standard InChI is InChI=1S/C10H20N2O4/c1-11-8(10(15)16)4-2-3-6-12-9(14)5-7-13/h8,11,13H,2-7H2,1H3,(H,12,14)(H,15,16). The summed E-state index contributed by atoms with van der Waals surface area (Å²) in [6, 6.07) is -0.520. The molecule has 16 heavy (non-hydrogen) atoms. The van der Waals surface area contributed by atoms with Crippen LogP contribution in [0.3, 0.4) is 0 Å². The number of likely N-dealkylation sites (N-methyl/N-ethyl adjacent to an activating group) is 1. The van der Waals surface area contributed by atoms with Crippen LogP contribution in [0.25, 0.3) is 0 Å². The van der Waals surface area contributed by atoms with E-state index in [4.69, 9.17) is 10.2 Å². The van der Waals surface area contributed by atoms with Gasteiger partial charge in [0.05, 0.1) is 6.61 Å². The van der Waals surface area contributed by atoms with Gasteiger partial charge in [-0.05, 0) is 26.3 Å². The van der Waals surface area contributed by atoms with E-state index in [1.54, 1.807) is 7.05 Å². The Morgan fingerprint density at radius 2 is 2.00 bits per heavy atom. The summed E-state index contributed by atoms with van der Waals surface area (Å²) in [5, 5.41) is 22.5. The third-order valence-electron chi connectivity index (χ3n) is 2.23. The second-order valence-electron chi connectivity index (χ2n) is 3.50. The fraction of sp³-hybridized carbons (Fsp3) is 0.800. The highest BCUT2D eigenvalue weighted by Gasteiger charge is 2.13. The van der Waals surface area contributed by atoms with Crippen molar-refractivity contribution in [2.45, 2.75) is 31.7 Å². The highest BCUT2D eigenvalue weighted by molar-refractivity contribution is 5.75. The van der Waals surface area contributed by atoms with Gasteiger partial charge >= 0.3 is 5.97 Å². The summed E-state index contributed by atoms with van der Waals surface area (Å²) >= 11 is 0. The van der Waals surface area contributed by atoms with Crippen LogP contribution in [0.2, 0.25) is 0 Å². The Labute approximate surface area is 95.0 Å². The number of unbranched alkanes of at least 4 members (excludes halogenated alkanes) is 1. The van der Waals surface area contributed by atoms with Crippen molar-refractivity contribution in [3.63, 3.8) is 0 Å². The average molecular weight is 232 g/mol. The number of aliphatic hydroxyl groups excluding tert-OH is 1. The van der Waals surface area contributed by atoms with Gasteiger partial charge in [-0.25, -0.2) is 0 Å². The van der Waals surface area contributed by atoms with Crippen LogP contribution in [-0.2, 0) is 9.59 Å². The summed E-state index contributed by atoms with van der Waals surface area (Å²) in [5.41, 5.74) is 0. The molecule has 1 unspecified atom stereocenters. The van der Waals surface area contributed by atoms with Gasteiger partial charge in [0.1, 0.15) is 6.04 Å². The van der Waals surface area contributed by atoms with Gasteiger partial charge < -0.3 is 20.8 Å². The van der Waals surface area contributed by atoms with E-state index in [2.05, 4.69) is 10.6 Å². The minimum absolute atomic E-state index is 0.119.